The van der Waals surface area contributed by atoms with Crippen LogP contribution in [-0.4, -0.2) is 29.4 Å². The molecule has 0 aliphatic carbocycles. The summed E-state index contributed by atoms with van der Waals surface area (Å²) in [5.41, 5.74) is 0.573. The molecule has 0 unspecified atom stereocenters. The summed E-state index contributed by atoms with van der Waals surface area (Å²) in [5.74, 6) is 0.564. The number of hydrogen-bond acceptors (Lipinski definition) is 4. The minimum absolute atomic E-state index is 0.0516. The van der Waals surface area contributed by atoms with Crippen LogP contribution in [0.3, 0.4) is 0 Å². The van der Waals surface area contributed by atoms with Crippen LogP contribution >= 0.6 is 43.2 Å². The summed E-state index contributed by atoms with van der Waals surface area (Å²) in [7, 11) is 1.80. The van der Waals surface area contributed by atoms with Gasteiger partial charge >= 0.3 is 0 Å². The summed E-state index contributed by atoms with van der Waals surface area (Å²) in [4.78, 5) is 19.7. The number of nitrogens with one attached hydrogen (secondary N) is 1. The second kappa shape index (κ2) is 7.38. The van der Waals surface area contributed by atoms with Gasteiger partial charge in [0.05, 0.1) is 12.1 Å². The van der Waals surface area contributed by atoms with E-state index < -0.39 is 0 Å². The second-order valence-corrected chi connectivity index (χ2v) is 7.30. The van der Waals surface area contributed by atoms with E-state index in [0.29, 0.717) is 17.9 Å². The number of carbonyl (C=O) groups excluding carboxylic acids is 1. The molecule has 21 heavy (non-hydrogen) atoms. The van der Waals surface area contributed by atoms with Crippen molar-refractivity contribution in [2.45, 2.75) is 13.5 Å². The van der Waals surface area contributed by atoms with Gasteiger partial charge < -0.3 is 10.2 Å². The quantitative estimate of drug-likeness (QED) is 0.762. The summed E-state index contributed by atoms with van der Waals surface area (Å²) in [6.07, 6.45) is 1.69. The molecule has 0 saturated heterocycles. The highest BCUT2D eigenvalue weighted by atomic mass is 79.9. The third kappa shape index (κ3) is 4.28. The van der Waals surface area contributed by atoms with Gasteiger partial charge in [0.1, 0.15) is 5.82 Å². The average Bonchev–Trinajstić information content (AvgIpc) is 2.85. The molecule has 1 amide bonds. The molecule has 1 N–H and O–H groups in total. The number of carbonyl (C=O) groups is 1. The summed E-state index contributed by atoms with van der Waals surface area (Å²) < 4.78 is 1.83. The fourth-order valence-corrected chi connectivity index (χ4v) is 3.69. The number of anilines is 1. The van der Waals surface area contributed by atoms with Gasteiger partial charge in [0, 0.05) is 39.0 Å². The van der Waals surface area contributed by atoms with Crippen molar-refractivity contribution in [1.29, 1.82) is 0 Å². The molecule has 0 atom stereocenters. The Morgan fingerprint density at radius 2 is 2.14 bits per heavy atom. The molecule has 0 spiro atoms. The number of hydrogen-bond donors (Lipinski definition) is 1. The third-order valence-corrected chi connectivity index (χ3v) is 4.91. The zero-order chi connectivity index (χ0) is 15.4. The standard InChI is InChI=1S/C14H15Br2N3OS/c1-3-17-13-12(5-9(15)6-18-13)14(20)19(2)7-11-4-10(16)8-21-11/h4-6,8H,3,7H2,1-2H3,(H,17,18). The fraction of sp³-hybridized carbons (Fsp3) is 0.286. The number of nitrogens with zero attached hydrogens (tertiary/aromatic N) is 2. The van der Waals surface area contributed by atoms with E-state index in [1.54, 1.807) is 35.5 Å². The average molecular weight is 433 g/mol. The molecule has 0 aromatic carbocycles. The Hall–Kier alpha value is -0.920. The SMILES string of the molecule is CCNc1ncc(Br)cc1C(=O)N(C)Cc1cc(Br)cs1. The van der Waals surface area contributed by atoms with Crippen molar-refractivity contribution < 1.29 is 4.79 Å². The van der Waals surface area contributed by atoms with Gasteiger partial charge in [0.25, 0.3) is 5.91 Å². The topological polar surface area (TPSA) is 45.2 Å². The number of halogens is 2. The van der Waals surface area contributed by atoms with E-state index in [2.05, 4.69) is 42.2 Å². The zero-order valence-electron chi connectivity index (χ0n) is 11.7. The van der Waals surface area contributed by atoms with Crippen molar-refractivity contribution in [2.75, 3.05) is 18.9 Å². The van der Waals surface area contributed by atoms with Crippen LogP contribution in [0, 0.1) is 0 Å². The van der Waals surface area contributed by atoms with Gasteiger partial charge in [-0.05, 0) is 50.9 Å². The van der Waals surface area contributed by atoms with E-state index in [1.165, 1.54) is 0 Å². The van der Waals surface area contributed by atoms with Crippen molar-refractivity contribution in [2.24, 2.45) is 0 Å². The fourth-order valence-electron chi connectivity index (χ4n) is 1.86. The van der Waals surface area contributed by atoms with Crippen molar-refractivity contribution in [3.8, 4) is 0 Å². The Balaban J connectivity index is 2.20. The first-order valence-corrected chi connectivity index (χ1v) is 8.85. The van der Waals surface area contributed by atoms with E-state index in [-0.39, 0.29) is 5.91 Å². The summed E-state index contributed by atoms with van der Waals surface area (Å²) >= 11 is 8.42. The van der Waals surface area contributed by atoms with E-state index in [1.807, 2.05) is 18.4 Å². The van der Waals surface area contributed by atoms with Crippen LogP contribution < -0.4 is 5.32 Å². The predicted molar refractivity (Wildman–Crippen MR) is 93.9 cm³/mol. The first kappa shape index (κ1) is 16.5. The molecule has 7 heteroatoms. The lowest BCUT2D eigenvalue weighted by Crippen LogP contribution is -2.27. The second-order valence-electron chi connectivity index (χ2n) is 4.47. The number of amides is 1. The molecule has 112 valence electrons. The molecule has 2 aromatic rings. The van der Waals surface area contributed by atoms with Crippen molar-refractivity contribution in [1.82, 2.24) is 9.88 Å². The van der Waals surface area contributed by atoms with Crippen LogP contribution in [0.5, 0.6) is 0 Å². The van der Waals surface area contributed by atoms with Crippen LogP contribution in [-0.2, 0) is 6.54 Å². The lowest BCUT2D eigenvalue weighted by molar-refractivity contribution is 0.0787. The number of pyridine rings is 1. The maximum absolute atomic E-state index is 12.6. The highest BCUT2D eigenvalue weighted by Crippen LogP contribution is 2.23. The molecule has 2 heterocycles. The smallest absolute Gasteiger partial charge is 0.257 e. The van der Waals surface area contributed by atoms with Gasteiger partial charge in [-0.25, -0.2) is 4.98 Å². The molecule has 4 nitrogen and oxygen atoms in total. The third-order valence-electron chi connectivity index (χ3n) is 2.79. The first-order valence-electron chi connectivity index (χ1n) is 6.39. The molecule has 0 saturated carbocycles. The lowest BCUT2D eigenvalue weighted by atomic mass is 10.2. The summed E-state index contributed by atoms with van der Waals surface area (Å²) in [6, 6.07) is 3.83. The molecule has 2 aromatic heterocycles. The summed E-state index contributed by atoms with van der Waals surface area (Å²) in [6.45, 7) is 3.27. The van der Waals surface area contributed by atoms with Gasteiger partial charge in [-0.2, -0.15) is 0 Å². The zero-order valence-corrected chi connectivity index (χ0v) is 15.7. The van der Waals surface area contributed by atoms with Crippen LogP contribution in [0.4, 0.5) is 5.82 Å². The Kier molecular flexibility index (Phi) is 5.78. The molecular weight excluding hydrogens is 418 g/mol. The molecule has 0 aliphatic heterocycles. The number of thiophene rings is 1. The normalized spacial score (nSPS) is 10.5. The van der Waals surface area contributed by atoms with Gasteiger partial charge in [0.15, 0.2) is 0 Å². The van der Waals surface area contributed by atoms with E-state index in [4.69, 9.17) is 0 Å². The monoisotopic (exact) mass is 431 g/mol. The molecule has 0 radical (unpaired) electrons. The Morgan fingerprint density at radius 3 is 2.76 bits per heavy atom. The van der Waals surface area contributed by atoms with Gasteiger partial charge in [-0.15, -0.1) is 11.3 Å². The van der Waals surface area contributed by atoms with Crippen LogP contribution in [0.25, 0.3) is 0 Å². The van der Waals surface area contributed by atoms with Crippen LogP contribution in [0.2, 0.25) is 0 Å². The Morgan fingerprint density at radius 1 is 1.38 bits per heavy atom. The maximum atomic E-state index is 12.6. The minimum atomic E-state index is -0.0516. The highest BCUT2D eigenvalue weighted by molar-refractivity contribution is 9.10. The van der Waals surface area contributed by atoms with E-state index >= 15 is 0 Å². The van der Waals surface area contributed by atoms with Gasteiger partial charge in [0.2, 0.25) is 0 Å². The van der Waals surface area contributed by atoms with Crippen LogP contribution in [0.1, 0.15) is 22.2 Å². The van der Waals surface area contributed by atoms with Crippen molar-refractivity contribution in [3.05, 3.63) is 43.1 Å². The van der Waals surface area contributed by atoms with Gasteiger partial charge in [-0.1, -0.05) is 0 Å². The van der Waals surface area contributed by atoms with Crippen LogP contribution in [0.15, 0.2) is 32.7 Å². The molecule has 0 aliphatic rings. The highest BCUT2D eigenvalue weighted by Gasteiger charge is 2.18. The van der Waals surface area contributed by atoms with E-state index in [9.17, 15) is 4.79 Å². The molecular formula is C14H15Br2N3OS. The van der Waals surface area contributed by atoms with Crippen molar-refractivity contribution in [3.63, 3.8) is 0 Å². The Labute approximate surface area is 144 Å². The van der Waals surface area contributed by atoms with E-state index in [0.717, 1.165) is 20.4 Å². The minimum Gasteiger partial charge on any atom is -0.370 e. The Bertz CT molecular complexity index is 645. The largest absolute Gasteiger partial charge is 0.370 e. The lowest BCUT2D eigenvalue weighted by Gasteiger charge is -2.18. The number of rotatable bonds is 5. The number of aromatic nitrogens is 1. The summed E-state index contributed by atoms with van der Waals surface area (Å²) in [5, 5.41) is 5.14. The maximum Gasteiger partial charge on any atom is 0.257 e. The molecule has 0 bridgehead atoms. The predicted octanol–water partition coefficient (Wildman–Crippen LogP) is 4.37. The first-order chi connectivity index (χ1) is 10.0. The molecule has 2 rings (SSSR count). The van der Waals surface area contributed by atoms with Crippen molar-refractivity contribution >= 4 is 54.9 Å². The molecule has 0 fully saturated rings. The van der Waals surface area contributed by atoms with Gasteiger partial charge in [-0.3, -0.25) is 4.79 Å².